The first-order valence-electron chi connectivity index (χ1n) is 9.48. The minimum absolute atomic E-state index is 0.0108. The standard InChI is InChI=1S/C17H28Cl2IN3O3S/c1-2-27(24,25)23-7-5-22(6-8-23)12-3-4-21-17(9-12)26-16-11-14(19)13(18)10-15(16)20/h2,12-17,21H,1,3-11H2. The molecule has 3 rings (SSSR count). The summed E-state index contributed by atoms with van der Waals surface area (Å²) < 4.78 is 32.1. The molecule has 6 nitrogen and oxygen atoms in total. The van der Waals surface area contributed by atoms with Gasteiger partial charge in [-0.1, -0.05) is 29.2 Å². The monoisotopic (exact) mass is 551 g/mol. The van der Waals surface area contributed by atoms with Crippen molar-refractivity contribution in [3.8, 4) is 0 Å². The number of ether oxygens (including phenoxy) is 1. The molecule has 1 aliphatic carbocycles. The summed E-state index contributed by atoms with van der Waals surface area (Å²) in [4.78, 5) is 2.40. The first-order chi connectivity index (χ1) is 12.8. The molecule has 0 bridgehead atoms. The van der Waals surface area contributed by atoms with Crippen molar-refractivity contribution >= 4 is 55.8 Å². The molecule has 1 N–H and O–H groups in total. The van der Waals surface area contributed by atoms with Crippen molar-refractivity contribution in [3.63, 3.8) is 0 Å². The summed E-state index contributed by atoms with van der Waals surface area (Å²) >= 11 is 15.1. The Bertz CT molecular complexity index is 619. The second-order valence-electron chi connectivity index (χ2n) is 7.46. The Hall–Kier alpha value is 0.840. The third-order valence-corrected chi connectivity index (χ3v) is 9.65. The number of piperazine rings is 1. The van der Waals surface area contributed by atoms with E-state index in [0.717, 1.165) is 50.7 Å². The van der Waals surface area contributed by atoms with E-state index in [9.17, 15) is 8.42 Å². The van der Waals surface area contributed by atoms with Gasteiger partial charge >= 0.3 is 0 Å². The van der Waals surface area contributed by atoms with E-state index in [4.69, 9.17) is 27.9 Å². The predicted molar refractivity (Wildman–Crippen MR) is 118 cm³/mol. The summed E-state index contributed by atoms with van der Waals surface area (Å²) in [5, 5.41) is 4.49. The van der Waals surface area contributed by atoms with Crippen LogP contribution in [0.25, 0.3) is 0 Å². The second-order valence-corrected chi connectivity index (χ2v) is 12.1. The van der Waals surface area contributed by atoms with Crippen LogP contribution in [-0.2, 0) is 14.8 Å². The quantitative estimate of drug-likeness (QED) is 0.420. The Balaban J connectivity index is 1.51. The molecule has 156 valence electrons. The maximum absolute atomic E-state index is 11.9. The lowest BCUT2D eigenvalue weighted by atomic mass is 9.96. The summed E-state index contributed by atoms with van der Waals surface area (Å²) in [6.45, 7) is 6.86. The fraction of sp³-hybridized carbons (Fsp3) is 0.882. The SMILES string of the molecule is C=CS(=O)(=O)N1CCN(C2CCNC(OC3CC(Cl)C(Cl)CC3I)C2)CC1. The highest BCUT2D eigenvalue weighted by Crippen LogP contribution is 2.35. The van der Waals surface area contributed by atoms with Gasteiger partial charge in [0.2, 0.25) is 10.0 Å². The van der Waals surface area contributed by atoms with Gasteiger partial charge in [0.05, 0.1) is 16.9 Å². The highest BCUT2D eigenvalue weighted by atomic mass is 127. The zero-order chi connectivity index (χ0) is 19.6. The van der Waals surface area contributed by atoms with Crippen LogP contribution in [0.1, 0.15) is 25.7 Å². The molecule has 0 amide bonds. The normalized spacial score (nSPS) is 40.0. The third-order valence-electron chi connectivity index (χ3n) is 5.74. The van der Waals surface area contributed by atoms with Crippen LogP contribution in [0, 0.1) is 0 Å². The largest absolute Gasteiger partial charge is 0.359 e. The molecule has 3 fully saturated rings. The number of nitrogens with one attached hydrogen (secondary N) is 1. The van der Waals surface area contributed by atoms with Gasteiger partial charge in [-0.05, 0) is 25.8 Å². The maximum atomic E-state index is 11.9. The van der Waals surface area contributed by atoms with Crippen LogP contribution in [0.4, 0.5) is 0 Å². The number of hydrogen-bond acceptors (Lipinski definition) is 5. The van der Waals surface area contributed by atoms with Crippen molar-refractivity contribution in [2.45, 2.75) is 58.7 Å². The number of hydrogen-bond donors (Lipinski definition) is 1. The van der Waals surface area contributed by atoms with Crippen LogP contribution in [0.3, 0.4) is 0 Å². The summed E-state index contributed by atoms with van der Waals surface area (Å²) in [5.74, 6) is 0. The van der Waals surface area contributed by atoms with Crippen molar-refractivity contribution in [2.75, 3.05) is 32.7 Å². The van der Waals surface area contributed by atoms with E-state index in [-0.39, 0.29) is 23.1 Å². The highest BCUT2D eigenvalue weighted by Gasteiger charge is 2.38. The van der Waals surface area contributed by atoms with Gasteiger partial charge in [-0.2, -0.15) is 4.31 Å². The summed E-state index contributed by atoms with van der Waals surface area (Å²) in [7, 11) is -3.31. The van der Waals surface area contributed by atoms with Crippen molar-refractivity contribution in [3.05, 3.63) is 12.0 Å². The third kappa shape index (κ3) is 5.71. The second kappa shape index (κ2) is 9.76. The molecule has 0 aromatic heterocycles. The fourth-order valence-corrected chi connectivity index (χ4v) is 6.87. The smallest absolute Gasteiger partial charge is 0.235 e. The topological polar surface area (TPSA) is 61.9 Å². The molecule has 10 heteroatoms. The lowest BCUT2D eigenvalue weighted by molar-refractivity contribution is -0.0682. The van der Waals surface area contributed by atoms with Crippen LogP contribution in [0.5, 0.6) is 0 Å². The Morgan fingerprint density at radius 1 is 1.11 bits per heavy atom. The van der Waals surface area contributed by atoms with Gasteiger partial charge in [0.25, 0.3) is 0 Å². The minimum Gasteiger partial charge on any atom is -0.359 e. The van der Waals surface area contributed by atoms with Crippen LogP contribution in [0.15, 0.2) is 12.0 Å². The molecule has 0 aromatic rings. The lowest BCUT2D eigenvalue weighted by Gasteiger charge is -2.43. The molecule has 0 radical (unpaired) electrons. The molecule has 0 spiro atoms. The number of rotatable bonds is 5. The van der Waals surface area contributed by atoms with Crippen LogP contribution < -0.4 is 5.32 Å². The van der Waals surface area contributed by atoms with Crippen molar-refractivity contribution in [2.24, 2.45) is 0 Å². The van der Waals surface area contributed by atoms with E-state index < -0.39 is 10.0 Å². The number of alkyl halides is 3. The van der Waals surface area contributed by atoms with E-state index in [1.165, 1.54) is 4.31 Å². The average molecular weight is 552 g/mol. The fourth-order valence-electron chi connectivity index (χ4n) is 4.11. The lowest BCUT2D eigenvalue weighted by Crippen LogP contribution is -2.56. The van der Waals surface area contributed by atoms with Gasteiger partial charge in [0, 0.05) is 48.0 Å². The molecule has 2 aliphatic heterocycles. The molecule has 2 heterocycles. The van der Waals surface area contributed by atoms with Crippen LogP contribution in [-0.4, -0.2) is 83.4 Å². The molecule has 1 saturated carbocycles. The van der Waals surface area contributed by atoms with E-state index in [0.29, 0.717) is 23.1 Å². The first-order valence-corrected chi connectivity index (χ1v) is 13.1. The van der Waals surface area contributed by atoms with Gasteiger partial charge in [-0.15, -0.1) is 23.2 Å². The summed E-state index contributed by atoms with van der Waals surface area (Å²) in [6.07, 6.45) is 3.74. The summed E-state index contributed by atoms with van der Waals surface area (Å²) in [6, 6.07) is 0.411. The number of sulfonamides is 1. The molecule has 27 heavy (non-hydrogen) atoms. The van der Waals surface area contributed by atoms with Crippen molar-refractivity contribution in [1.29, 1.82) is 0 Å². The zero-order valence-electron chi connectivity index (χ0n) is 15.3. The number of nitrogens with zero attached hydrogens (tertiary/aromatic N) is 2. The van der Waals surface area contributed by atoms with Gasteiger partial charge in [0.1, 0.15) is 6.23 Å². The van der Waals surface area contributed by atoms with E-state index in [1.807, 2.05) is 0 Å². The Labute approximate surface area is 186 Å². The van der Waals surface area contributed by atoms with Gasteiger partial charge in [0.15, 0.2) is 0 Å². The van der Waals surface area contributed by atoms with Gasteiger partial charge in [-0.3, -0.25) is 10.2 Å². The number of piperidine rings is 1. The highest BCUT2D eigenvalue weighted by molar-refractivity contribution is 14.1. The van der Waals surface area contributed by atoms with E-state index >= 15 is 0 Å². The number of halogens is 3. The van der Waals surface area contributed by atoms with E-state index in [1.54, 1.807) is 0 Å². The molecule has 6 unspecified atom stereocenters. The van der Waals surface area contributed by atoms with Crippen molar-refractivity contribution in [1.82, 2.24) is 14.5 Å². The van der Waals surface area contributed by atoms with E-state index in [2.05, 4.69) is 39.4 Å². The molecular weight excluding hydrogens is 524 g/mol. The molecular formula is C17H28Cl2IN3O3S. The summed E-state index contributed by atoms with van der Waals surface area (Å²) in [5.41, 5.74) is 0. The average Bonchev–Trinajstić information content (AvgIpc) is 2.66. The molecule has 0 aromatic carbocycles. The predicted octanol–water partition coefficient (Wildman–Crippen LogP) is 2.35. The van der Waals surface area contributed by atoms with Crippen LogP contribution in [0.2, 0.25) is 0 Å². The van der Waals surface area contributed by atoms with Crippen LogP contribution >= 0.6 is 45.8 Å². The Kier molecular flexibility index (Phi) is 8.15. The molecule has 3 aliphatic rings. The molecule has 2 saturated heterocycles. The minimum atomic E-state index is -3.31. The Morgan fingerprint density at radius 3 is 2.44 bits per heavy atom. The zero-order valence-corrected chi connectivity index (χ0v) is 19.8. The van der Waals surface area contributed by atoms with Gasteiger partial charge < -0.3 is 4.74 Å². The maximum Gasteiger partial charge on any atom is 0.235 e. The Morgan fingerprint density at radius 2 is 1.78 bits per heavy atom. The first kappa shape index (κ1) is 22.5. The molecule has 6 atom stereocenters. The van der Waals surface area contributed by atoms with Crippen molar-refractivity contribution < 1.29 is 13.2 Å². The van der Waals surface area contributed by atoms with Gasteiger partial charge in [-0.25, -0.2) is 8.42 Å².